The first-order valence-electron chi connectivity index (χ1n) is 8.42. The van der Waals surface area contributed by atoms with Gasteiger partial charge < -0.3 is 13.9 Å². The van der Waals surface area contributed by atoms with Crippen LogP contribution >= 0.6 is 11.6 Å². The number of aromatic nitrogens is 1. The predicted octanol–water partition coefficient (Wildman–Crippen LogP) is 4.21. The van der Waals surface area contributed by atoms with Gasteiger partial charge in [-0.15, -0.1) is 0 Å². The lowest BCUT2D eigenvalue weighted by atomic mass is 10.1. The zero-order valence-electron chi connectivity index (χ0n) is 14.0. The lowest BCUT2D eigenvalue weighted by Gasteiger charge is -2.18. The Morgan fingerprint density at radius 3 is 2.85 bits per heavy atom. The van der Waals surface area contributed by atoms with Crippen LogP contribution in [0.15, 0.2) is 40.8 Å². The maximum Gasteiger partial charge on any atom is 0.302 e. The van der Waals surface area contributed by atoms with E-state index in [0.717, 1.165) is 23.5 Å². The summed E-state index contributed by atoms with van der Waals surface area (Å²) in [6.07, 6.45) is 1.85. The molecule has 0 aliphatic carbocycles. The van der Waals surface area contributed by atoms with Gasteiger partial charge in [0.1, 0.15) is 18.7 Å². The number of ether oxygens (including phenoxy) is 2. The number of benzene rings is 2. The van der Waals surface area contributed by atoms with Crippen LogP contribution in [-0.2, 0) is 11.2 Å². The minimum atomic E-state index is -0.139. The predicted molar refractivity (Wildman–Crippen MR) is 98.0 cm³/mol. The second-order valence-electron chi connectivity index (χ2n) is 6.01. The minimum absolute atomic E-state index is 0.139. The average molecular weight is 373 g/mol. The molecule has 1 aliphatic rings. The summed E-state index contributed by atoms with van der Waals surface area (Å²) in [4.78, 5) is 16.3. The summed E-state index contributed by atoms with van der Waals surface area (Å²) in [5.41, 5.74) is 2.31. The molecule has 1 amide bonds. The summed E-state index contributed by atoms with van der Waals surface area (Å²) in [5, 5.41) is 3.25. The zero-order valence-corrected chi connectivity index (χ0v) is 14.7. The summed E-state index contributed by atoms with van der Waals surface area (Å²) >= 11 is 5.92. The lowest BCUT2D eigenvalue weighted by Crippen LogP contribution is -2.15. The molecule has 0 spiro atoms. The van der Waals surface area contributed by atoms with Crippen LogP contribution in [0.4, 0.5) is 6.01 Å². The van der Waals surface area contributed by atoms with Crippen molar-refractivity contribution in [1.82, 2.24) is 4.98 Å². The van der Waals surface area contributed by atoms with Crippen LogP contribution in [0.25, 0.3) is 11.1 Å². The number of hydrogen-bond acceptors (Lipinski definition) is 5. The van der Waals surface area contributed by atoms with Gasteiger partial charge in [0.05, 0.1) is 0 Å². The van der Waals surface area contributed by atoms with Gasteiger partial charge in [0, 0.05) is 11.4 Å². The zero-order chi connectivity index (χ0) is 17.9. The van der Waals surface area contributed by atoms with Crippen LogP contribution in [0.5, 0.6) is 11.5 Å². The van der Waals surface area contributed by atoms with E-state index >= 15 is 0 Å². The number of fused-ring (bicyclic) bond motifs is 2. The Balaban J connectivity index is 1.31. The van der Waals surface area contributed by atoms with Crippen LogP contribution in [0.1, 0.15) is 18.4 Å². The van der Waals surface area contributed by atoms with Crippen molar-refractivity contribution >= 4 is 34.6 Å². The molecule has 3 aromatic rings. The Hall–Kier alpha value is -2.73. The maximum absolute atomic E-state index is 12.1. The highest BCUT2D eigenvalue weighted by Crippen LogP contribution is 2.31. The third-order valence-corrected chi connectivity index (χ3v) is 4.31. The first-order chi connectivity index (χ1) is 12.7. The third-order valence-electron chi connectivity index (χ3n) is 4.07. The van der Waals surface area contributed by atoms with Gasteiger partial charge in [0.25, 0.3) is 0 Å². The van der Waals surface area contributed by atoms with Crippen molar-refractivity contribution in [3.63, 3.8) is 0 Å². The fourth-order valence-corrected chi connectivity index (χ4v) is 3.00. The molecular formula is C19H17ClN2O4. The van der Waals surface area contributed by atoms with Crippen molar-refractivity contribution in [2.75, 3.05) is 18.5 Å². The largest absolute Gasteiger partial charge is 0.486 e. The maximum atomic E-state index is 12.1. The van der Waals surface area contributed by atoms with Gasteiger partial charge in [-0.3, -0.25) is 10.1 Å². The molecule has 0 bridgehead atoms. The molecular weight excluding hydrogens is 356 g/mol. The Labute approximate surface area is 155 Å². The normalized spacial score (nSPS) is 13.0. The molecule has 7 heteroatoms. The SMILES string of the molecule is O=C(CCCc1ccc2c(c1)OCCO2)Nc1nc2cc(Cl)ccc2o1. The molecule has 2 heterocycles. The first-order valence-corrected chi connectivity index (χ1v) is 8.80. The highest BCUT2D eigenvalue weighted by molar-refractivity contribution is 6.31. The number of amides is 1. The fraction of sp³-hybridized carbons (Fsp3) is 0.263. The monoisotopic (exact) mass is 372 g/mol. The quantitative estimate of drug-likeness (QED) is 0.726. The lowest BCUT2D eigenvalue weighted by molar-refractivity contribution is -0.116. The molecule has 4 rings (SSSR count). The number of nitrogens with zero attached hydrogens (tertiary/aromatic N) is 1. The number of anilines is 1. The molecule has 1 aliphatic heterocycles. The molecule has 26 heavy (non-hydrogen) atoms. The van der Waals surface area contributed by atoms with Gasteiger partial charge in [-0.2, -0.15) is 4.98 Å². The van der Waals surface area contributed by atoms with Crippen LogP contribution in [0.3, 0.4) is 0 Å². The van der Waals surface area contributed by atoms with E-state index < -0.39 is 0 Å². The number of hydrogen-bond donors (Lipinski definition) is 1. The first kappa shape index (κ1) is 16.7. The molecule has 134 valence electrons. The van der Waals surface area contributed by atoms with Crippen molar-refractivity contribution in [1.29, 1.82) is 0 Å². The number of halogens is 1. The second kappa shape index (κ2) is 7.25. The van der Waals surface area contributed by atoms with E-state index in [0.29, 0.717) is 42.2 Å². The molecule has 0 atom stereocenters. The summed E-state index contributed by atoms with van der Waals surface area (Å²) in [6.45, 7) is 1.14. The minimum Gasteiger partial charge on any atom is -0.486 e. The van der Waals surface area contributed by atoms with E-state index in [1.54, 1.807) is 18.2 Å². The van der Waals surface area contributed by atoms with Gasteiger partial charge in [-0.05, 0) is 48.7 Å². The highest BCUT2D eigenvalue weighted by Gasteiger charge is 2.13. The summed E-state index contributed by atoms with van der Waals surface area (Å²) in [7, 11) is 0. The van der Waals surface area contributed by atoms with Crippen LogP contribution < -0.4 is 14.8 Å². The summed E-state index contributed by atoms with van der Waals surface area (Å²) in [6, 6.07) is 11.2. The van der Waals surface area contributed by atoms with Gasteiger partial charge >= 0.3 is 6.01 Å². The van der Waals surface area contributed by atoms with Gasteiger partial charge in [-0.25, -0.2) is 0 Å². The van der Waals surface area contributed by atoms with Crippen LogP contribution in [0.2, 0.25) is 5.02 Å². The topological polar surface area (TPSA) is 73.6 Å². The van der Waals surface area contributed by atoms with Gasteiger partial charge in [0.2, 0.25) is 5.91 Å². The van der Waals surface area contributed by atoms with Crippen molar-refractivity contribution in [3.05, 3.63) is 47.0 Å². The molecule has 0 saturated heterocycles. The van der Waals surface area contributed by atoms with Gasteiger partial charge in [0.15, 0.2) is 17.1 Å². The van der Waals surface area contributed by atoms with E-state index in [9.17, 15) is 4.79 Å². The number of oxazole rings is 1. The van der Waals surface area contributed by atoms with E-state index in [4.69, 9.17) is 25.5 Å². The smallest absolute Gasteiger partial charge is 0.302 e. The van der Waals surface area contributed by atoms with Crippen molar-refractivity contribution in [3.8, 4) is 11.5 Å². The van der Waals surface area contributed by atoms with E-state index in [-0.39, 0.29) is 11.9 Å². The Bertz CT molecular complexity index is 954. The number of carbonyl (C=O) groups excluding carboxylic acids is 1. The molecule has 1 N–H and O–H groups in total. The highest BCUT2D eigenvalue weighted by atomic mass is 35.5. The molecule has 0 radical (unpaired) electrons. The van der Waals surface area contributed by atoms with E-state index in [1.807, 2.05) is 18.2 Å². The fourth-order valence-electron chi connectivity index (χ4n) is 2.83. The number of carbonyl (C=O) groups is 1. The molecule has 0 saturated carbocycles. The Kier molecular flexibility index (Phi) is 4.67. The molecule has 1 aromatic heterocycles. The van der Waals surface area contributed by atoms with Crippen molar-refractivity contribution < 1.29 is 18.7 Å². The second-order valence-corrected chi connectivity index (χ2v) is 6.45. The van der Waals surface area contributed by atoms with Crippen LogP contribution in [0, 0.1) is 0 Å². The molecule has 0 unspecified atom stereocenters. The summed E-state index contributed by atoms with van der Waals surface area (Å²) in [5.74, 6) is 1.40. The number of rotatable bonds is 5. The Morgan fingerprint density at radius 2 is 1.96 bits per heavy atom. The molecule has 0 fully saturated rings. The average Bonchev–Trinajstić information content (AvgIpc) is 3.02. The number of aryl methyl sites for hydroxylation is 1. The molecule has 6 nitrogen and oxygen atoms in total. The Morgan fingerprint density at radius 1 is 1.12 bits per heavy atom. The number of nitrogens with one attached hydrogen (secondary N) is 1. The summed E-state index contributed by atoms with van der Waals surface area (Å²) < 4.78 is 16.6. The van der Waals surface area contributed by atoms with Crippen LogP contribution in [-0.4, -0.2) is 24.1 Å². The van der Waals surface area contributed by atoms with E-state index in [2.05, 4.69) is 10.3 Å². The third kappa shape index (κ3) is 3.75. The molecule has 2 aromatic carbocycles. The van der Waals surface area contributed by atoms with Crippen molar-refractivity contribution in [2.45, 2.75) is 19.3 Å². The van der Waals surface area contributed by atoms with Crippen molar-refractivity contribution in [2.24, 2.45) is 0 Å². The van der Waals surface area contributed by atoms with E-state index in [1.165, 1.54) is 0 Å². The van der Waals surface area contributed by atoms with Gasteiger partial charge in [-0.1, -0.05) is 17.7 Å². The standard InChI is InChI=1S/C19H17ClN2O4/c20-13-5-7-15-14(11-13)21-19(26-15)22-18(23)3-1-2-12-4-6-16-17(10-12)25-9-8-24-16/h4-7,10-11H,1-3,8-9H2,(H,21,22,23).